The lowest BCUT2D eigenvalue weighted by Crippen LogP contribution is -2.30. The third-order valence-corrected chi connectivity index (χ3v) is 5.92. The number of nitrogens with zero attached hydrogens (tertiary/aromatic N) is 1. The molecule has 120 valence electrons. The molecule has 20 heavy (non-hydrogen) atoms. The molecule has 0 aliphatic carbocycles. The average Bonchev–Trinajstić information content (AvgIpc) is 2.36. The van der Waals surface area contributed by atoms with Crippen LogP contribution in [-0.4, -0.2) is 39.4 Å². The molecular weight excluding hydrogens is 262 g/mol. The summed E-state index contributed by atoms with van der Waals surface area (Å²) in [7, 11) is -0.932. The van der Waals surface area contributed by atoms with Crippen LogP contribution in [0.4, 0.5) is 0 Å². The molecular formula is C17H37NOSi. The van der Waals surface area contributed by atoms with E-state index in [0.29, 0.717) is 0 Å². The van der Waals surface area contributed by atoms with Crippen LogP contribution in [-0.2, 0) is 4.74 Å². The largest absolute Gasteiger partial charge is 0.366 e. The Morgan fingerprint density at radius 1 is 0.750 bits per heavy atom. The fourth-order valence-corrected chi connectivity index (χ4v) is 3.48. The van der Waals surface area contributed by atoms with Crippen molar-refractivity contribution in [3.8, 4) is 0 Å². The van der Waals surface area contributed by atoms with E-state index in [1.165, 1.54) is 76.9 Å². The lowest BCUT2D eigenvalue weighted by Gasteiger charge is -2.24. The van der Waals surface area contributed by atoms with Crippen LogP contribution in [0.15, 0.2) is 0 Å². The Bertz CT molecular complexity index is 216. The minimum absolute atomic E-state index is 0.866. The molecule has 0 bridgehead atoms. The van der Waals surface area contributed by atoms with Gasteiger partial charge < -0.3 is 4.74 Å². The van der Waals surface area contributed by atoms with Crippen LogP contribution in [0.5, 0.6) is 0 Å². The van der Waals surface area contributed by atoms with Crippen molar-refractivity contribution in [3.05, 3.63) is 0 Å². The molecule has 0 aromatic heterocycles. The Morgan fingerprint density at radius 2 is 1.20 bits per heavy atom. The van der Waals surface area contributed by atoms with Gasteiger partial charge in [-0.1, -0.05) is 64.6 Å². The van der Waals surface area contributed by atoms with E-state index >= 15 is 0 Å². The van der Waals surface area contributed by atoms with Crippen LogP contribution >= 0.6 is 0 Å². The van der Waals surface area contributed by atoms with Crippen LogP contribution in [0.3, 0.4) is 0 Å². The predicted molar refractivity (Wildman–Crippen MR) is 92.1 cm³/mol. The minimum Gasteiger partial charge on any atom is -0.366 e. The Balaban J connectivity index is 2.17. The van der Waals surface area contributed by atoms with Crippen molar-refractivity contribution in [1.82, 2.24) is 4.90 Å². The van der Waals surface area contributed by atoms with E-state index in [-0.39, 0.29) is 0 Å². The first kappa shape index (κ1) is 18.2. The second-order valence-corrected chi connectivity index (χ2v) is 13.3. The van der Waals surface area contributed by atoms with Gasteiger partial charge in [0.2, 0.25) is 0 Å². The van der Waals surface area contributed by atoms with Crippen molar-refractivity contribution >= 4 is 8.07 Å². The molecule has 0 spiro atoms. The van der Waals surface area contributed by atoms with E-state index in [9.17, 15) is 0 Å². The fraction of sp³-hybridized carbons (Fsp3) is 1.00. The zero-order valence-electron chi connectivity index (χ0n) is 14.3. The van der Waals surface area contributed by atoms with Gasteiger partial charge in [-0.25, -0.2) is 0 Å². The summed E-state index contributed by atoms with van der Waals surface area (Å²) in [6.07, 6.45) is 12.8. The highest BCUT2D eigenvalue weighted by Crippen LogP contribution is 2.13. The highest BCUT2D eigenvalue weighted by molar-refractivity contribution is 6.76. The standard InChI is InChI=1S/C17H37NOSi/c1-20(2,3)16-15-19-17-18-13-11-9-7-5-4-6-8-10-12-14-18/h4-17H2,1-3H3. The molecule has 1 rings (SSSR count). The van der Waals surface area contributed by atoms with E-state index in [1.54, 1.807) is 0 Å². The summed E-state index contributed by atoms with van der Waals surface area (Å²) >= 11 is 0. The summed E-state index contributed by atoms with van der Waals surface area (Å²) in [6.45, 7) is 11.6. The Morgan fingerprint density at radius 3 is 1.65 bits per heavy atom. The number of ether oxygens (including phenoxy) is 1. The SMILES string of the molecule is C[Si](C)(C)CCOCN1CCCCCCCCCCC1. The van der Waals surface area contributed by atoms with Crippen molar-refractivity contribution in [3.63, 3.8) is 0 Å². The number of rotatable bonds is 5. The zero-order chi connectivity index (χ0) is 14.7. The summed E-state index contributed by atoms with van der Waals surface area (Å²) < 4.78 is 5.93. The molecule has 1 aliphatic rings. The van der Waals surface area contributed by atoms with Gasteiger partial charge in [0.15, 0.2) is 0 Å². The molecule has 0 aromatic rings. The molecule has 3 heteroatoms. The van der Waals surface area contributed by atoms with E-state index in [2.05, 4.69) is 24.5 Å². The fourth-order valence-electron chi connectivity index (χ4n) is 2.72. The minimum atomic E-state index is -0.932. The van der Waals surface area contributed by atoms with E-state index in [4.69, 9.17) is 4.74 Å². The van der Waals surface area contributed by atoms with E-state index < -0.39 is 8.07 Å². The van der Waals surface area contributed by atoms with E-state index in [1.807, 2.05) is 0 Å². The molecule has 2 nitrogen and oxygen atoms in total. The van der Waals surface area contributed by atoms with Gasteiger partial charge >= 0.3 is 0 Å². The number of hydrogen-bond acceptors (Lipinski definition) is 2. The van der Waals surface area contributed by atoms with Gasteiger partial charge in [-0.2, -0.15) is 0 Å². The first-order chi connectivity index (χ1) is 9.58. The van der Waals surface area contributed by atoms with Gasteiger partial charge in [0.1, 0.15) is 0 Å². The molecule has 1 heterocycles. The monoisotopic (exact) mass is 299 g/mol. The van der Waals surface area contributed by atoms with Crippen molar-refractivity contribution in [2.24, 2.45) is 0 Å². The normalized spacial score (nSPS) is 21.1. The van der Waals surface area contributed by atoms with Gasteiger partial charge in [-0.3, -0.25) is 4.90 Å². The summed E-state index contributed by atoms with van der Waals surface area (Å²) in [6, 6.07) is 1.29. The van der Waals surface area contributed by atoms with Crippen molar-refractivity contribution in [2.45, 2.75) is 83.5 Å². The van der Waals surface area contributed by atoms with Crippen LogP contribution in [0, 0.1) is 0 Å². The summed E-state index contributed by atoms with van der Waals surface area (Å²) in [5.41, 5.74) is 0. The molecule has 0 aromatic carbocycles. The second-order valence-electron chi connectivity index (χ2n) is 7.65. The molecule has 1 aliphatic heterocycles. The highest BCUT2D eigenvalue weighted by Gasteiger charge is 2.13. The predicted octanol–water partition coefficient (Wildman–Crippen LogP) is 5.13. The molecule has 0 radical (unpaired) electrons. The molecule has 0 atom stereocenters. The molecule has 0 saturated carbocycles. The third kappa shape index (κ3) is 10.9. The summed E-state index contributed by atoms with van der Waals surface area (Å²) in [5.74, 6) is 0. The highest BCUT2D eigenvalue weighted by atomic mass is 28.3. The van der Waals surface area contributed by atoms with Crippen LogP contribution in [0.2, 0.25) is 25.7 Å². The maximum Gasteiger partial charge on any atom is 0.0990 e. The molecule has 0 N–H and O–H groups in total. The second kappa shape index (κ2) is 10.8. The van der Waals surface area contributed by atoms with Crippen LogP contribution < -0.4 is 0 Å². The van der Waals surface area contributed by atoms with Gasteiger partial charge in [-0.15, -0.1) is 0 Å². The van der Waals surface area contributed by atoms with Gasteiger partial charge in [0.05, 0.1) is 6.73 Å². The average molecular weight is 300 g/mol. The topological polar surface area (TPSA) is 12.5 Å². The maximum absolute atomic E-state index is 5.93. The van der Waals surface area contributed by atoms with Gasteiger partial charge in [0, 0.05) is 27.8 Å². The molecule has 0 unspecified atom stereocenters. The van der Waals surface area contributed by atoms with Gasteiger partial charge in [-0.05, 0) is 18.9 Å². The molecule has 0 amide bonds. The third-order valence-electron chi connectivity index (χ3n) is 4.22. The van der Waals surface area contributed by atoms with E-state index in [0.717, 1.165) is 13.3 Å². The Hall–Kier alpha value is 0.137. The quantitative estimate of drug-likeness (QED) is 0.516. The summed E-state index contributed by atoms with van der Waals surface area (Å²) in [5, 5.41) is 0. The van der Waals surface area contributed by atoms with Crippen molar-refractivity contribution in [1.29, 1.82) is 0 Å². The lowest BCUT2D eigenvalue weighted by molar-refractivity contribution is 0.0329. The number of hydrogen-bond donors (Lipinski definition) is 0. The zero-order valence-corrected chi connectivity index (χ0v) is 15.3. The lowest BCUT2D eigenvalue weighted by atomic mass is 10.1. The smallest absolute Gasteiger partial charge is 0.0990 e. The molecule has 1 fully saturated rings. The van der Waals surface area contributed by atoms with Crippen molar-refractivity contribution in [2.75, 3.05) is 26.4 Å². The Kier molecular flexibility index (Phi) is 9.83. The van der Waals surface area contributed by atoms with Crippen molar-refractivity contribution < 1.29 is 4.74 Å². The first-order valence-corrected chi connectivity index (χ1v) is 12.6. The van der Waals surface area contributed by atoms with Crippen LogP contribution in [0.1, 0.15) is 57.8 Å². The first-order valence-electron chi connectivity index (χ1n) is 8.88. The molecule has 1 saturated heterocycles. The maximum atomic E-state index is 5.93. The summed E-state index contributed by atoms with van der Waals surface area (Å²) in [4.78, 5) is 2.55. The van der Waals surface area contributed by atoms with Gasteiger partial charge in [0.25, 0.3) is 0 Å². The van der Waals surface area contributed by atoms with Crippen LogP contribution in [0.25, 0.3) is 0 Å². The Labute approximate surface area is 128 Å².